The van der Waals surface area contributed by atoms with Gasteiger partial charge in [-0.2, -0.15) is 0 Å². The van der Waals surface area contributed by atoms with Crippen LogP contribution in [0, 0.1) is 5.92 Å². The van der Waals surface area contributed by atoms with E-state index in [0.29, 0.717) is 36.8 Å². The molecule has 0 bridgehead atoms. The summed E-state index contributed by atoms with van der Waals surface area (Å²) in [5, 5.41) is 0. The van der Waals surface area contributed by atoms with Gasteiger partial charge in [0.15, 0.2) is 0 Å². The van der Waals surface area contributed by atoms with Gasteiger partial charge in [-0.25, -0.2) is 4.98 Å². The van der Waals surface area contributed by atoms with Crippen LogP contribution in [0.5, 0.6) is 0 Å². The molecular formula is C24H22N6O2. The van der Waals surface area contributed by atoms with Crippen molar-refractivity contribution >= 4 is 16.9 Å². The predicted molar refractivity (Wildman–Crippen MR) is 120 cm³/mol. The molecule has 0 atom stereocenters. The monoisotopic (exact) mass is 426 g/mol. The first-order valence-corrected chi connectivity index (χ1v) is 10.6. The van der Waals surface area contributed by atoms with Gasteiger partial charge in [0, 0.05) is 61.6 Å². The van der Waals surface area contributed by atoms with Gasteiger partial charge >= 0.3 is 0 Å². The minimum Gasteiger partial charge on any atom is -0.339 e. The average Bonchev–Trinajstić information content (AvgIpc) is 2.85. The van der Waals surface area contributed by atoms with Gasteiger partial charge in [0.05, 0.1) is 23.1 Å². The molecule has 0 spiro atoms. The fourth-order valence-electron chi connectivity index (χ4n) is 4.12. The van der Waals surface area contributed by atoms with Crippen LogP contribution in [0.4, 0.5) is 0 Å². The molecule has 5 rings (SSSR count). The quantitative estimate of drug-likeness (QED) is 0.498. The van der Waals surface area contributed by atoms with Crippen LogP contribution in [0.3, 0.4) is 0 Å². The van der Waals surface area contributed by atoms with Gasteiger partial charge in [-0.05, 0) is 49.1 Å². The van der Waals surface area contributed by atoms with Crippen molar-refractivity contribution in [3.8, 4) is 11.3 Å². The molecule has 160 valence electrons. The molecule has 1 saturated heterocycles. The van der Waals surface area contributed by atoms with Crippen molar-refractivity contribution < 1.29 is 4.79 Å². The Morgan fingerprint density at radius 1 is 0.906 bits per heavy atom. The SMILES string of the molecule is O=C(c1ccc2nccnc2c1)N1CCC(Cn2cnc(-c3ccncc3)cc2=O)CC1. The molecule has 1 fully saturated rings. The zero-order valence-electron chi connectivity index (χ0n) is 17.5. The van der Waals surface area contributed by atoms with E-state index in [1.807, 2.05) is 23.1 Å². The van der Waals surface area contributed by atoms with Crippen molar-refractivity contribution in [1.29, 1.82) is 0 Å². The van der Waals surface area contributed by atoms with Gasteiger partial charge in [0.25, 0.3) is 11.5 Å². The summed E-state index contributed by atoms with van der Waals surface area (Å²) in [6.45, 7) is 1.94. The van der Waals surface area contributed by atoms with E-state index >= 15 is 0 Å². The lowest BCUT2D eigenvalue weighted by Crippen LogP contribution is -2.40. The van der Waals surface area contributed by atoms with Crippen molar-refractivity contribution in [2.45, 2.75) is 19.4 Å². The Morgan fingerprint density at radius 2 is 1.66 bits per heavy atom. The van der Waals surface area contributed by atoms with Crippen molar-refractivity contribution in [2.24, 2.45) is 5.92 Å². The Bertz CT molecular complexity index is 1310. The Kier molecular flexibility index (Phi) is 5.41. The molecule has 1 aliphatic heterocycles. The van der Waals surface area contributed by atoms with Gasteiger partial charge in [0.1, 0.15) is 0 Å². The second-order valence-corrected chi connectivity index (χ2v) is 8.00. The molecule has 1 aliphatic rings. The first kappa shape index (κ1) is 20.0. The molecule has 1 aromatic carbocycles. The topological polar surface area (TPSA) is 93.9 Å². The van der Waals surface area contributed by atoms with E-state index in [0.717, 1.165) is 29.4 Å². The first-order chi connectivity index (χ1) is 15.7. The Balaban J connectivity index is 1.22. The summed E-state index contributed by atoms with van der Waals surface area (Å²) in [6.07, 6.45) is 9.94. The van der Waals surface area contributed by atoms with E-state index in [1.54, 1.807) is 53.9 Å². The van der Waals surface area contributed by atoms with Gasteiger partial charge < -0.3 is 4.90 Å². The van der Waals surface area contributed by atoms with Crippen molar-refractivity contribution in [1.82, 2.24) is 29.4 Å². The fraction of sp³-hybridized carbons (Fsp3) is 0.250. The van der Waals surface area contributed by atoms with E-state index in [1.165, 1.54) is 0 Å². The van der Waals surface area contributed by atoms with Crippen LogP contribution in [0.15, 0.2) is 72.3 Å². The van der Waals surface area contributed by atoms with Crippen molar-refractivity contribution in [3.05, 3.63) is 83.4 Å². The van der Waals surface area contributed by atoms with E-state index in [-0.39, 0.29) is 11.5 Å². The van der Waals surface area contributed by atoms with Crippen molar-refractivity contribution in [3.63, 3.8) is 0 Å². The lowest BCUT2D eigenvalue weighted by molar-refractivity contribution is 0.0682. The summed E-state index contributed by atoms with van der Waals surface area (Å²) in [4.78, 5) is 44.4. The third kappa shape index (κ3) is 4.12. The minimum atomic E-state index is -0.0670. The van der Waals surface area contributed by atoms with Crippen molar-refractivity contribution in [2.75, 3.05) is 13.1 Å². The third-order valence-corrected chi connectivity index (χ3v) is 5.93. The van der Waals surface area contributed by atoms with E-state index in [9.17, 15) is 9.59 Å². The number of amides is 1. The molecular weight excluding hydrogens is 404 g/mol. The molecule has 0 aliphatic carbocycles. The molecule has 8 heteroatoms. The Labute approximate surface area is 184 Å². The lowest BCUT2D eigenvalue weighted by Gasteiger charge is -2.32. The number of hydrogen-bond donors (Lipinski definition) is 0. The average molecular weight is 426 g/mol. The standard InChI is InChI=1S/C24H22N6O2/c31-23-14-21(18-3-7-25-8-4-18)28-16-30(23)15-17-5-11-29(12-6-17)24(32)19-1-2-20-22(13-19)27-10-9-26-20/h1-4,7-10,13-14,16-17H,5-6,11-12,15H2. The summed E-state index contributed by atoms with van der Waals surface area (Å²) in [7, 11) is 0. The van der Waals surface area contributed by atoms with Gasteiger partial charge in [-0.3, -0.25) is 29.1 Å². The van der Waals surface area contributed by atoms with Crippen LogP contribution < -0.4 is 5.56 Å². The highest BCUT2D eigenvalue weighted by Crippen LogP contribution is 2.22. The zero-order chi connectivity index (χ0) is 21.9. The number of carbonyl (C=O) groups is 1. The molecule has 4 aromatic rings. The summed E-state index contributed by atoms with van der Waals surface area (Å²) in [5.41, 5.74) is 3.57. The highest BCUT2D eigenvalue weighted by molar-refractivity contribution is 5.97. The Morgan fingerprint density at radius 3 is 2.41 bits per heavy atom. The third-order valence-electron chi connectivity index (χ3n) is 5.93. The van der Waals surface area contributed by atoms with E-state index < -0.39 is 0 Å². The number of rotatable bonds is 4. The number of nitrogens with zero attached hydrogens (tertiary/aromatic N) is 6. The van der Waals surface area contributed by atoms with Crippen LogP contribution in [0.1, 0.15) is 23.2 Å². The molecule has 0 N–H and O–H groups in total. The molecule has 0 unspecified atom stereocenters. The molecule has 1 amide bonds. The van der Waals surface area contributed by atoms with E-state index in [2.05, 4.69) is 19.9 Å². The second kappa shape index (κ2) is 8.66. The minimum absolute atomic E-state index is 0.0107. The highest BCUT2D eigenvalue weighted by Gasteiger charge is 2.24. The summed E-state index contributed by atoms with van der Waals surface area (Å²) >= 11 is 0. The number of piperidine rings is 1. The predicted octanol–water partition coefficient (Wildman–Crippen LogP) is 2.80. The van der Waals surface area contributed by atoms with Crippen LogP contribution in [-0.4, -0.2) is 48.4 Å². The number of aromatic nitrogens is 5. The number of hydrogen-bond acceptors (Lipinski definition) is 6. The normalized spacial score (nSPS) is 14.6. The molecule has 32 heavy (non-hydrogen) atoms. The number of carbonyl (C=O) groups excluding carboxylic acids is 1. The summed E-state index contributed by atoms with van der Waals surface area (Å²) in [6, 6.07) is 10.7. The largest absolute Gasteiger partial charge is 0.339 e. The second-order valence-electron chi connectivity index (χ2n) is 8.00. The van der Waals surface area contributed by atoms with Crippen LogP contribution >= 0.6 is 0 Å². The van der Waals surface area contributed by atoms with Crippen LogP contribution in [0.25, 0.3) is 22.3 Å². The fourth-order valence-corrected chi connectivity index (χ4v) is 4.12. The molecule has 0 radical (unpaired) electrons. The maximum Gasteiger partial charge on any atom is 0.253 e. The van der Waals surface area contributed by atoms with E-state index in [4.69, 9.17) is 0 Å². The molecule has 8 nitrogen and oxygen atoms in total. The van der Waals surface area contributed by atoms with Crippen LogP contribution in [-0.2, 0) is 6.54 Å². The summed E-state index contributed by atoms with van der Waals surface area (Å²) < 4.78 is 1.66. The number of likely N-dealkylation sites (tertiary alicyclic amines) is 1. The van der Waals surface area contributed by atoms with Gasteiger partial charge in [0.2, 0.25) is 0 Å². The molecule has 3 aromatic heterocycles. The Hall–Kier alpha value is -3.94. The highest BCUT2D eigenvalue weighted by atomic mass is 16.2. The number of benzene rings is 1. The molecule has 0 saturated carbocycles. The van der Waals surface area contributed by atoms with Gasteiger partial charge in [-0.1, -0.05) is 0 Å². The number of pyridine rings is 1. The smallest absolute Gasteiger partial charge is 0.253 e. The van der Waals surface area contributed by atoms with Gasteiger partial charge in [-0.15, -0.1) is 0 Å². The summed E-state index contributed by atoms with van der Waals surface area (Å²) in [5.74, 6) is 0.337. The maximum atomic E-state index is 12.9. The number of fused-ring (bicyclic) bond motifs is 1. The lowest BCUT2D eigenvalue weighted by atomic mass is 9.96. The zero-order valence-corrected chi connectivity index (χ0v) is 17.5. The first-order valence-electron chi connectivity index (χ1n) is 10.6. The molecule has 4 heterocycles. The maximum absolute atomic E-state index is 12.9. The van der Waals surface area contributed by atoms with Crippen LogP contribution in [0.2, 0.25) is 0 Å².